The lowest BCUT2D eigenvalue weighted by Gasteiger charge is -2.00. The second-order valence-electron chi connectivity index (χ2n) is 3.36. The summed E-state index contributed by atoms with van der Waals surface area (Å²) in [5.41, 5.74) is 0.337. The molecule has 0 fully saturated rings. The van der Waals surface area contributed by atoms with Crippen LogP contribution in [-0.2, 0) is 9.59 Å². The Kier molecular flexibility index (Phi) is 4.49. The van der Waals surface area contributed by atoms with Gasteiger partial charge in [-0.05, 0) is 26.2 Å². The number of ketones is 2. The van der Waals surface area contributed by atoms with E-state index < -0.39 is 0 Å². The summed E-state index contributed by atoms with van der Waals surface area (Å²) in [7, 11) is 0. The van der Waals surface area contributed by atoms with E-state index in [-0.39, 0.29) is 11.6 Å². The molecule has 0 radical (unpaired) electrons. The van der Waals surface area contributed by atoms with E-state index >= 15 is 0 Å². The fourth-order valence-corrected chi connectivity index (χ4v) is 0.889. The summed E-state index contributed by atoms with van der Waals surface area (Å²) in [6.07, 6.45) is 2.52. The predicted molar refractivity (Wildman–Crippen MR) is 48.9 cm³/mol. The molecule has 0 spiro atoms. The highest BCUT2D eigenvalue weighted by molar-refractivity contribution is 6.18. The van der Waals surface area contributed by atoms with Gasteiger partial charge in [0.15, 0.2) is 11.6 Å². The third kappa shape index (κ3) is 4.06. The Morgan fingerprint density at radius 1 is 1.17 bits per heavy atom. The first-order valence-electron chi connectivity index (χ1n) is 4.17. The summed E-state index contributed by atoms with van der Waals surface area (Å²) in [5, 5.41) is 0. The third-order valence-electron chi connectivity index (χ3n) is 1.55. The maximum Gasteiger partial charge on any atom is 0.163 e. The van der Waals surface area contributed by atoms with Gasteiger partial charge in [-0.25, -0.2) is 0 Å². The van der Waals surface area contributed by atoms with Crippen LogP contribution in [0.2, 0.25) is 0 Å². The Morgan fingerprint density at radius 2 is 1.58 bits per heavy atom. The van der Waals surface area contributed by atoms with Gasteiger partial charge in [-0.1, -0.05) is 19.9 Å². The average molecular weight is 168 g/mol. The number of allylic oxidation sites excluding steroid dienone is 2. The number of hydrogen-bond donors (Lipinski definition) is 0. The van der Waals surface area contributed by atoms with Crippen molar-refractivity contribution < 1.29 is 9.59 Å². The van der Waals surface area contributed by atoms with E-state index in [2.05, 4.69) is 0 Å². The van der Waals surface area contributed by atoms with E-state index in [4.69, 9.17) is 0 Å². The van der Waals surface area contributed by atoms with Crippen LogP contribution in [0, 0.1) is 5.92 Å². The molecule has 0 bridgehead atoms. The van der Waals surface area contributed by atoms with Crippen LogP contribution in [0.3, 0.4) is 0 Å². The van der Waals surface area contributed by atoms with Crippen molar-refractivity contribution in [2.75, 3.05) is 0 Å². The minimum atomic E-state index is -0.136. The lowest BCUT2D eigenvalue weighted by Crippen LogP contribution is -2.06. The molecule has 0 aliphatic carbocycles. The van der Waals surface area contributed by atoms with Gasteiger partial charge in [-0.2, -0.15) is 0 Å². The molecule has 0 aromatic carbocycles. The van der Waals surface area contributed by atoms with Crippen LogP contribution in [0.25, 0.3) is 0 Å². The Labute approximate surface area is 73.7 Å². The highest BCUT2D eigenvalue weighted by Crippen LogP contribution is 2.06. The quantitative estimate of drug-likeness (QED) is 0.366. The summed E-state index contributed by atoms with van der Waals surface area (Å²) in [6.45, 7) is 6.95. The van der Waals surface area contributed by atoms with Crippen molar-refractivity contribution in [2.45, 2.75) is 34.1 Å². The Hall–Kier alpha value is -0.920. The predicted octanol–water partition coefficient (Wildman–Crippen LogP) is 2.14. The summed E-state index contributed by atoms with van der Waals surface area (Å²) in [6, 6.07) is 0. The summed E-state index contributed by atoms with van der Waals surface area (Å²) in [4.78, 5) is 21.8. The molecule has 0 saturated heterocycles. The van der Waals surface area contributed by atoms with Gasteiger partial charge in [0.05, 0.1) is 5.57 Å². The monoisotopic (exact) mass is 168 g/mol. The van der Waals surface area contributed by atoms with Crippen LogP contribution in [0.15, 0.2) is 11.6 Å². The van der Waals surface area contributed by atoms with Gasteiger partial charge in [0.1, 0.15) is 0 Å². The fraction of sp³-hybridized carbons (Fsp3) is 0.600. The van der Waals surface area contributed by atoms with Crippen molar-refractivity contribution in [1.29, 1.82) is 0 Å². The number of carbonyl (C=O) groups is 2. The zero-order chi connectivity index (χ0) is 9.72. The molecular weight excluding hydrogens is 152 g/mol. The molecule has 0 N–H and O–H groups in total. The molecule has 2 heteroatoms. The van der Waals surface area contributed by atoms with Crippen molar-refractivity contribution in [3.8, 4) is 0 Å². The molecule has 0 aromatic heterocycles. The van der Waals surface area contributed by atoms with Crippen molar-refractivity contribution in [2.24, 2.45) is 5.92 Å². The van der Waals surface area contributed by atoms with E-state index in [0.29, 0.717) is 11.5 Å². The number of hydrogen-bond acceptors (Lipinski definition) is 2. The molecule has 12 heavy (non-hydrogen) atoms. The minimum absolute atomic E-state index is 0.136. The van der Waals surface area contributed by atoms with Gasteiger partial charge < -0.3 is 0 Å². The van der Waals surface area contributed by atoms with Crippen molar-refractivity contribution in [1.82, 2.24) is 0 Å². The van der Waals surface area contributed by atoms with E-state index in [1.165, 1.54) is 13.8 Å². The molecule has 68 valence electrons. The first kappa shape index (κ1) is 11.1. The lowest BCUT2D eigenvalue weighted by molar-refractivity contribution is -0.119. The van der Waals surface area contributed by atoms with Gasteiger partial charge in [0.25, 0.3) is 0 Å². The summed E-state index contributed by atoms with van der Waals surface area (Å²) < 4.78 is 0. The zero-order valence-electron chi connectivity index (χ0n) is 8.18. The van der Waals surface area contributed by atoms with Crippen LogP contribution in [0.1, 0.15) is 34.1 Å². The Bertz CT molecular complexity index is 196. The van der Waals surface area contributed by atoms with Crippen LogP contribution >= 0.6 is 0 Å². The zero-order valence-corrected chi connectivity index (χ0v) is 8.18. The number of rotatable bonds is 4. The molecular formula is C10H16O2. The molecule has 0 aromatic rings. The van der Waals surface area contributed by atoms with Crippen LogP contribution < -0.4 is 0 Å². The average Bonchev–Trinajstić information content (AvgIpc) is 1.84. The fourth-order valence-electron chi connectivity index (χ4n) is 0.889. The smallest absolute Gasteiger partial charge is 0.163 e. The molecule has 0 atom stereocenters. The second-order valence-corrected chi connectivity index (χ2v) is 3.36. The summed E-state index contributed by atoms with van der Waals surface area (Å²) in [5.74, 6) is 0.213. The van der Waals surface area contributed by atoms with Gasteiger partial charge in [0.2, 0.25) is 0 Å². The highest BCUT2D eigenvalue weighted by atomic mass is 16.1. The maximum atomic E-state index is 10.9. The van der Waals surface area contributed by atoms with Gasteiger partial charge in [-0.3, -0.25) is 9.59 Å². The normalized spacial score (nSPS) is 9.75. The van der Waals surface area contributed by atoms with E-state index in [9.17, 15) is 9.59 Å². The molecule has 0 heterocycles. The Balaban J connectivity index is 4.40. The maximum absolute atomic E-state index is 10.9. The van der Waals surface area contributed by atoms with Crippen molar-refractivity contribution >= 4 is 11.6 Å². The molecule has 0 aliphatic heterocycles. The van der Waals surface area contributed by atoms with Gasteiger partial charge >= 0.3 is 0 Å². The molecule has 2 nitrogen and oxygen atoms in total. The first-order valence-corrected chi connectivity index (χ1v) is 4.17. The molecule has 0 saturated carbocycles. The topological polar surface area (TPSA) is 34.1 Å². The van der Waals surface area contributed by atoms with Crippen LogP contribution in [0.4, 0.5) is 0 Å². The number of Topliss-reactive ketones (excluding diaryl/α,β-unsaturated/α-hetero) is 2. The third-order valence-corrected chi connectivity index (χ3v) is 1.55. The Morgan fingerprint density at radius 3 is 1.83 bits per heavy atom. The van der Waals surface area contributed by atoms with Crippen LogP contribution in [0.5, 0.6) is 0 Å². The standard InChI is InChI=1S/C10H16O2/c1-7(2)5-6-10(8(3)11)9(4)12/h6-7H,5H2,1-4H3. The van der Waals surface area contributed by atoms with Gasteiger partial charge in [-0.15, -0.1) is 0 Å². The highest BCUT2D eigenvalue weighted by Gasteiger charge is 2.08. The largest absolute Gasteiger partial charge is 0.294 e. The number of carbonyl (C=O) groups excluding carboxylic acids is 2. The molecule has 0 amide bonds. The first-order chi connectivity index (χ1) is 5.45. The van der Waals surface area contributed by atoms with Crippen molar-refractivity contribution in [3.63, 3.8) is 0 Å². The molecule has 0 rings (SSSR count). The molecule has 0 aliphatic rings. The van der Waals surface area contributed by atoms with E-state index in [1.54, 1.807) is 6.08 Å². The second kappa shape index (κ2) is 4.86. The summed E-state index contributed by atoms with van der Waals surface area (Å²) >= 11 is 0. The lowest BCUT2D eigenvalue weighted by atomic mass is 10.0. The van der Waals surface area contributed by atoms with E-state index in [1.807, 2.05) is 13.8 Å². The van der Waals surface area contributed by atoms with Crippen molar-refractivity contribution in [3.05, 3.63) is 11.6 Å². The van der Waals surface area contributed by atoms with Crippen LogP contribution in [-0.4, -0.2) is 11.6 Å². The van der Waals surface area contributed by atoms with E-state index in [0.717, 1.165) is 6.42 Å². The van der Waals surface area contributed by atoms with Gasteiger partial charge in [0, 0.05) is 0 Å². The SMILES string of the molecule is CC(=O)C(=CCC(C)C)C(C)=O. The minimum Gasteiger partial charge on any atom is -0.294 e. The molecule has 0 unspecified atom stereocenters.